The Bertz CT molecular complexity index is 46.1. The van der Waals surface area contributed by atoms with Crippen molar-refractivity contribution < 1.29 is 13.7 Å². The summed E-state index contributed by atoms with van der Waals surface area (Å²) in [6.07, 6.45) is 0. The fourth-order valence-corrected chi connectivity index (χ4v) is 0. The van der Waals surface area contributed by atoms with Crippen LogP contribution in [0.2, 0.25) is 0 Å². The molecule has 0 bridgehead atoms. The van der Waals surface area contributed by atoms with Gasteiger partial charge in [-0.1, -0.05) is 0 Å². The average Bonchev–Trinajstić information content (AvgIpc) is 1.38. The number of hydrogen-bond acceptors (Lipinski definition) is 3. The highest BCUT2D eigenvalue weighted by Gasteiger charge is 1.93. The summed E-state index contributed by atoms with van der Waals surface area (Å²) >= 11 is 0. The van der Waals surface area contributed by atoms with E-state index in [0.717, 1.165) is 0 Å². The van der Waals surface area contributed by atoms with Gasteiger partial charge in [0.1, 0.15) is 0 Å². The Balaban J connectivity index is 0. The summed E-state index contributed by atoms with van der Waals surface area (Å²) in [7, 11) is -1.44. The minimum atomic E-state index is -2.62. The van der Waals surface area contributed by atoms with Gasteiger partial charge in [0, 0.05) is 0 Å². The van der Waals surface area contributed by atoms with Gasteiger partial charge in [0.15, 0.2) is 0 Å². The summed E-state index contributed by atoms with van der Waals surface area (Å²) in [5.74, 6) is 0. The van der Waals surface area contributed by atoms with Crippen molar-refractivity contribution in [3.63, 3.8) is 0 Å². The first-order valence-electron chi connectivity index (χ1n) is 1.04. The third kappa shape index (κ3) is 9.55. The van der Waals surface area contributed by atoms with Crippen molar-refractivity contribution in [3.05, 3.63) is 0 Å². The normalized spacial score (nSPS) is 5.50. The second kappa shape index (κ2) is 4.58. The van der Waals surface area contributed by atoms with Crippen molar-refractivity contribution in [1.29, 1.82) is 0 Å². The SMILES string of the molecule is CO[Si](=O)O.N. The highest BCUT2D eigenvalue weighted by atomic mass is 28.3. The largest absolute Gasteiger partial charge is 0.764 e. The van der Waals surface area contributed by atoms with Crippen LogP contribution in [0.4, 0.5) is 0 Å². The molecule has 0 aliphatic carbocycles. The number of rotatable bonds is 1. The third-order valence-electron chi connectivity index (χ3n) is 0.175. The molecule has 38 valence electrons. The predicted octanol–water partition coefficient (Wildman–Crippen LogP) is -0.798. The van der Waals surface area contributed by atoms with Gasteiger partial charge < -0.3 is 15.4 Å². The molecule has 4 nitrogen and oxygen atoms in total. The van der Waals surface area contributed by atoms with Crippen molar-refractivity contribution in [2.45, 2.75) is 0 Å². The lowest BCUT2D eigenvalue weighted by molar-refractivity contribution is 0.275. The molecule has 0 aliphatic rings. The molecule has 0 spiro atoms. The van der Waals surface area contributed by atoms with E-state index in [1.165, 1.54) is 7.11 Å². The minimum absolute atomic E-state index is 0. The van der Waals surface area contributed by atoms with Gasteiger partial charge in [-0.05, 0) is 0 Å². The van der Waals surface area contributed by atoms with Crippen LogP contribution in [-0.2, 0) is 8.89 Å². The summed E-state index contributed by atoms with van der Waals surface area (Å²) in [6.45, 7) is 0. The molecule has 0 aromatic heterocycles. The molecule has 0 aromatic carbocycles. The van der Waals surface area contributed by atoms with Gasteiger partial charge >= 0.3 is 9.17 Å². The first-order valence-corrected chi connectivity index (χ1v) is 2.30. The van der Waals surface area contributed by atoms with Crippen LogP contribution >= 0.6 is 0 Å². The van der Waals surface area contributed by atoms with E-state index in [9.17, 15) is 4.46 Å². The molecule has 6 heavy (non-hydrogen) atoms. The zero-order valence-corrected chi connectivity index (χ0v) is 4.47. The summed E-state index contributed by atoms with van der Waals surface area (Å²) in [5, 5.41) is 0. The lowest BCUT2D eigenvalue weighted by Crippen LogP contribution is -1.98. The van der Waals surface area contributed by atoms with Gasteiger partial charge in [0.05, 0.1) is 7.11 Å². The molecule has 4 N–H and O–H groups in total. The van der Waals surface area contributed by atoms with Crippen LogP contribution in [0.25, 0.3) is 0 Å². The van der Waals surface area contributed by atoms with Crippen molar-refractivity contribution in [1.82, 2.24) is 6.15 Å². The van der Waals surface area contributed by atoms with E-state index in [0.29, 0.717) is 0 Å². The fourth-order valence-electron chi connectivity index (χ4n) is 0. The molecule has 0 amide bonds. The van der Waals surface area contributed by atoms with Crippen LogP contribution in [-0.4, -0.2) is 21.1 Å². The van der Waals surface area contributed by atoms with E-state index in [1.54, 1.807) is 0 Å². The molecule has 0 atom stereocenters. The van der Waals surface area contributed by atoms with Crippen LogP contribution in [0.5, 0.6) is 0 Å². The third-order valence-corrected chi connectivity index (χ3v) is 0.524. The van der Waals surface area contributed by atoms with Gasteiger partial charge in [0.25, 0.3) is 0 Å². The van der Waals surface area contributed by atoms with Crippen molar-refractivity contribution in [3.8, 4) is 0 Å². The molecule has 5 heteroatoms. The van der Waals surface area contributed by atoms with E-state index in [1.807, 2.05) is 0 Å². The maximum atomic E-state index is 9.33. The monoisotopic (exact) mass is 109 g/mol. The molecule has 0 fully saturated rings. The molecule has 0 aromatic rings. The molecule has 0 saturated heterocycles. The molecule has 0 rings (SSSR count). The van der Waals surface area contributed by atoms with E-state index < -0.39 is 9.17 Å². The van der Waals surface area contributed by atoms with Crippen molar-refractivity contribution in [2.75, 3.05) is 7.11 Å². The highest BCUT2D eigenvalue weighted by Crippen LogP contribution is 1.50. The van der Waals surface area contributed by atoms with Gasteiger partial charge in [0.2, 0.25) is 0 Å². The van der Waals surface area contributed by atoms with Crippen molar-refractivity contribution >= 4 is 9.17 Å². The quantitative estimate of drug-likeness (QED) is 0.432. The summed E-state index contributed by atoms with van der Waals surface area (Å²) < 4.78 is 13.2. The van der Waals surface area contributed by atoms with Crippen molar-refractivity contribution in [2.24, 2.45) is 0 Å². The molecule has 0 heterocycles. The molecular formula is CH7NO3Si. The van der Waals surface area contributed by atoms with Gasteiger partial charge in [-0.2, -0.15) is 0 Å². The lowest BCUT2D eigenvalue weighted by atomic mass is 11.8. The number of hydrogen-bond donors (Lipinski definition) is 2. The Kier molecular flexibility index (Phi) is 6.97. The zero-order valence-electron chi connectivity index (χ0n) is 3.47. The highest BCUT2D eigenvalue weighted by molar-refractivity contribution is 6.23. The second-order valence-corrected chi connectivity index (χ2v) is 1.41. The van der Waals surface area contributed by atoms with E-state index in [-0.39, 0.29) is 6.15 Å². The van der Waals surface area contributed by atoms with Gasteiger partial charge in [-0.25, -0.2) is 0 Å². The van der Waals surface area contributed by atoms with E-state index >= 15 is 0 Å². The Hall–Kier alpha value is -0.423. The topological polar surface area (TPSA) is 81.5 Å². The first kappa shape index (κ1) is 9.13. The van der Waals surface area contributed by atoms with Crippen LogP contribution in [0.1, 0.15) is 0 Å². The smallest absolute Gasteiger partial charge is 0.511 e. The fraction of sp³-hybridized carbons (Fsp3) is 1.00. The molecule has 0 aliphatic heterocycles. The van der Waals surface area contributed by atoms with Gasteiger partial charge in [-0.15, -0.1) is 0 Å². The summed E-state index contributed by atoms with van der Waals surface area (Å²) in [4.78, 5) is 7.69. The minimum Gasteiger partial charge on any atom is -0.511 e. The first-order chi connectivity index (χ1) is 2.27. The maximum Gasteiger partial charge on any atom is 0.764 e. The van der Waals surface area contributed by atoms with E-state index in [4.69, 9.17) is 4.80 Å². The van der Waals surface area contributed by atoms with Crippen LogP contribution < -0.4 is 6.15 Å². The molecule has 0 radical (unpaired) electrons. The van der Waals surface area contributed by atoms with Crippen LogP contribution in [0, 0.1) is 0 Å². The van der Waals surface area contributed by atoms with Crippen LogP contribution in [0.3, 0.4) is 0 Å². The summed E-state index contributed by atoms with van der Waals surface area (Å²) in [6, 6.07) is 0. The maximum absolute atomic E-state index is 9.33. The summed E-state index contributed by atoms with van der Waals surface area (Å²) in [5.41, 5.74) is 0. The Morgan fingerprint density at radius 3 is 2.00 bits per heavy atom. The van der Waals surface area contributed by atoms with Crippen LogP contribution in [0.15, 0.2) is 0 Å². The van der Waals surface area contributed by atoms with Gasteiger partial charge in [-0.3, -0.25) is 4.46 Å². The zero-order chi connectivity index (χ0) is 4.28. The molecule has 0 saturated carbocycles. The lowest BCUT2D eigenvalue weighted by Gasteiger charge is -1.76. The Labute approximate surface area is 37.2 Å². The Morgan fingerprint density at radius 1 is 1.83 bits per heavy atom. The predicted molar refractivity (Wildman–Crippen MR) is 20.7 cm³/mol. The van der Waals surface area contributed by atoms with E-state index in [2.05, 4.69) is 4.43 Å². The standard InChI is InChI=1S/CH4O3Si.H3N/c1-4-5(2)3;/h2H,1H3;1H3. The Morgan fingerprint density at radius 2 is 2.00 bits per heavy atom. The molecular weight excluding hydrogens is 102 g/mol. The average molecular weight is 109 g/mol. The second-order valence-electron chi connectivity index (χ2n) is 0.470. The molecule has 0 unspecified atom stereocenters.